The molecule has 0 bridgehead atoms. The van der Waals surface area contributed by atoms with Crippen molar-refractivity contribution in [3.63, 3.8) is 0 Å². The molecule has 6 nitrogen and oxygen atoms in total. The standard InChI is InChI=1S/C26H19F3N2O4/c1-33-23-12-18(6-7-21(23)34-15-25(14-30)9-10-25)31-11-8-20-19(24(31)32)13-22(35-20)16-2-4-17(5-3-16)26(27,28)29/h2-8,11-13H,9-10,15H2,1H3. The maximum Gasteiger partial charge on any atom is 0.416 e. The van der Waals surface area contributed by atoms with E-state index in [0.717, 1.165) is 25.0 Å². The minimum atomic E-state index is -4.43. The molecule has 0 saturated heterocycles. The summed E-state index contributed by atoms with van der Waals surface area (Å²) in [6.07, 6.45) is -1.28. The molecule has 1 fully saturated rings. The summed E-state index contributed by atoms with van der Waals surface area (Å²) in [6.45, 7) is 0.271. The van der Waals surface area contributed by atoms with Gasteiger partial charge in [-0.05, 0) is 49.2 Å². The van der Waals surface area contributed by atoms with Crippen molar-refractivity contribution in [3.8, 4) is 34.6 Å². The van der Waals surface area contributed by atoms with Gasteiger partial charge in [0, 0.05) is 17.8 Å². The number of nitrogens with zero attached hydrogens (tertiary/aromatic N) is 2. The van der Waals surface area contributed by atoms with Gasteiger partial charge >= 0.3 is 6.18 Å². The predicted octanol–water partition coefficient (Wildman–Crippen LogP) is 5.96. The van der Waals surface area contributed by atoms with Crippen LogP contribution in [0.15, 0.2) is 70.0 Å². The minimum absolute atomic E-state index is 0.271. The zero-order valence-corrected chi connectivity index (χ0v) is 18.6. The second-order valence-corrected chi connectivity index (χ2v) is 8.47. The lowest BCUT2D eigenvalue weighted by Crippen LogP contribution is -2.17. The van der Waals surface area contributed by atoms with Crippen molar-refractivity contribution in [1.82, 2.24) is 4.57 Å². The number of fused-ring (bicyclic) bond motifs is 1. The molecule has 9 heteroatoms. The van der Waals surface area contributed by atoms with E-state index in [-0.39, 0.29) is 23.3 Å². The number of hydrogen-bond acceptors (Lipinski definition) is 5. The quantitative estimate of drug-likeness (QED) is 0.340. The largest absolute Gasteiger partial charge is 0.493 e. The van der Waals surface area contributed by atoms with Gasteiger partial charge in [-0.25, -0.2) is 0 Å². The molecule has 0 radical (unpaired) electrons. The van der Waals surface area contributed by atoms with Gasteiger partial charge in [-0.3, -0.25) is 9.36 Å². The summed E-state index contributed by atoms with van der Waals surface area (Å²) in [5.41, 5.74) is -0.284. The molecule has 4 aromatic rings. The lowest BCUT2D eigenvalue weighted by atomic mass is 10.1. The Bertz CT molecular complexity index is 1510. The fourth-order valence-electron chi connectivity index (χ4n) is 3.79. The van der Waals surface area contributed by atoms with Crippen LogP contribution in [0.4, 0.5) is 13.2 Å². The Balaban J connectivity index is 1.46. The van der Waals surface area contributed by atoms with Crippen LogP contribution < -0.4 is 15.0 Å². The monoisotopic (exact) mass is 480 g/mol. The summed E-state index contributed by atoms with van der Waals surface area (Å²) in [7, 11) is 1.49. The molecule has 0 unspecified atom stereocenters. The van der Waals surface area contributed by atoms with Crippen molar-refractivity contribution in [2.45, 2.75) is 19.0 Å². The fraction of sp³-hybridized carbons (Fsp3) is 0.231. The van der Waals surface area contributed by atoms with Crippen LogP contribution >= 0.6 is 0 Å². The zero-order chi connectivity index (χ0) is 24.8. The van der Waals surface area contributed by atoms with Crippen molar-refractivity contribution in [3.05, 3.63) is 76.7 Å². The highest BCUT2D eigenvalue weighted by atomic mass is 19.4. The van der Waals surface area contributed by atoms with Crippen LogP contribution in [0, 0.1) is 16.7 Å². The molecule has 1 aliphatic rings. The first-order valence-corrected chi connectivity index (χ1v) is 10.8. The highest BCUT2D eigenvalue weighted by Gasteiger charge is 2.44. The number of nitriles is 1. The van der Waals surface area contributed by atoms with Gasteiger partial charge in [-0.15, -0.1) is 0 Å². The van der Waals surface area contributed by atoms with Crippen molar-refractivity contribution < 1.29 is 27.1 Å². The summed E-state index contributed by atoms with van der Waals surface area (Å²) < 4.78 is 56.9. The smallest absolute Gasteiger partial charge is 0.416 e. The molecule has 35 heavy (non-hydrogen) atoms. The van der Waals surface area contributed by atoms with E-state index in [1.165, 1.54) is 29.9 Å². The Hall–Kier alpha value is -4.19. The summed E-state index contributed by atoms with van der Waals surface area (Å²) in [5, 5.41) is 9.52. The lowest BCUT2D eigenvalue weighted by Gasteiger charge is -2.14. The molecular formula is C26H19F3N2O4. The summed E-state index contributed by atoms with van der Waals surface area (Å²) in [6, 6.07) is 15.0. The highest BCUT2D eigenvalue weighted by molar-refractivity contribution is 5.82. The van der Waals surface area contributed by atoms with E-state index in [4.69, 9.17) is 13.9 Å². The maximum absolute atomic E-state index is 13.2. The van der Waals surface area contributed by atoms with Crippen molar-refractivity contribution in [2.24, 2.45) is 5.41 Å². The lowest BCUT2D eigenvalue weighted by molar-refractivity contribution is -0.137. The van der Waals surface area contributed by atoms with Gasteiger partial charge in [0.1, 0.15) is 18.0 Å². The third-order valence-corrected chi connectivity index (χ3v) is 6.10. The van der Waals surface area contributed by atoms with Gasteiger partial charge in [-0.2, -0.15) is 18.4 Å². The molecule has 0 amide bonds. The second-order valence-electron chi connectivity index (χ2n) is 8.47. The Labute approximate surface area is 197 Å². The number of furan rings is 1. The Morgan fingerprint density at radius 2 is 1.83 bits per heavy atom. The highest BCUT2D eigenvalue weighted by Crippen LogP contribution is 2.45. The molecule has 2 heterocycles. The summed E-state index contributed by atoms with van der Waals surface area (Å²) in [5.74, 6) is 1.18. The Morgan fingerprint density at radius 3 is 2.46 bits per heavy atom. The second kappa shape index (κ2) is 8.24. The van der Waals surface area contributed by atoms with Gasteiger partial charge in [0.2, 0.25) is 0 Å². The van der Waals surface area contributed by atoms with Gasteiger partial charge in [0.25, 0.3) is 5.56 Å². The van der Waals surface area contributed by atoms with Crippen LogP contribution in [0.1, 0.15) is 18.4 Å². The van der Waals surface area contributed by atoms with Crippen molar-refractivity contribution in [1.29, 1.82) is 5.26 Å². The van der Waals surface area contributed by atoms with Crippen LogP contribution in [0.2, 0.25) is 0 Å². The molecule has 0 atom stereocenters. The average Bonchev–Trinajstić information content (AvgIpc) is 3.51. The van der Waals surface area contributed by atoms with Gasteiger partial charge in [-0.1, -0.05) is 12.1 Å². The first kappa shape index (κ1) is 22.6. The van der Waals surface area contributed by atoms with E-state index >= 15 is 0 Å². The molecule has 0 aliphatic heterocycles. The zero-order valence-electron chi connectivity index (χ0n) is 18.6. The first-order valence-electron chi connectivity index (χ1n) is 10.8. The van der Waals surface area contributed by atoms with Crippen LogP contribution in [0.3, 0.4) is 0 Å². The number of ether oxygens (including phenoxy) is 2. The van der Waals surface area contributed by atoms with Gasteiger partial charge in [0.05, 0.1) is 35.2 Å². The summed E-state index contributed by atoms with van der Waals surface area (Å²) >= 11 is 0. The van der Waals surface area contributed by atoms with Gasteiger partial charge < -0.3 is 13.9 Å². The first-order chi connectivity index (χ1) is 16.7. The molecule has 2 aromatic carbocycles. The Kier molecular flexibility index (Phi) is 5.32. The van der Waals surface area contributed by atoms with E-state index in [9.17, 15) is 23.2 Å². The molecule has 5 rings (SSSR count). The van der Waals surface area contributed by atoms with E-state index in [0.29, 0.717) is 28.3 Å². The van der Waals surface area contributed by atoms with E-state index < -0.39 is 17.2 Å². The third-order valence-electron chi connectivity index (χ3n) is 6.10. The third kappa shape index (κ3) is 4.23. The minimum Gasteiger partial charge on any atom is -0.493 e. The number of methoxy groups -OCH3 is 1. The number of halogens is 3. The normalized spacial score (nSPS) is 14.5. The van der Waals surface area contributed by atoms with Crippen LogP contribution in [-0.2, 0) is 6.18 Å². The van der Waals surface area contributed by atoms with Crippen LogP contribution in [0.25, 0.3) is 28.0 Å². The number of benzene rings is 2. The molecule has 0 N–H and O–H groups in total. The SMILES string of the molecule is COc1cc(-n2ccc3oc(-c4ccc(C(F)(F)F)cc4)cc3c2=O)ccc1OCC1(C#N)CC1. The van der Waals surface area contributed by atoms with E-state index in [1.54, 1.807) is 30.5 Å². The molecular weight excluding hydrogens is 461 g/mol. The van der Waals surface area contributed by atoms with Gasteiger partial charge in [0.15, 0.2) is 11.5 Å². The van der Waals surface area contributed by atoms with Crippen LogP contribution in [0.5, 0.6) is 11.5 Å². The summed E-state index contributed by atoms with van der Waals surface area (Å²) in [4.78, 5) is 13.2. The molecule has 1 saturated carbocycles. The molecule has 1 aliphatic carbocycles. The number of rotatable bonds is 6. The number of alkyl halides is 3. The number of aromatic nitrogens is 1. The molecule has 0 spiro atoms. The Morgan fingerprint density at radius 1 is 1.09 bits per heavy atom. The van der Waals surface area contributed by atoms with Crippen molar-refractivity contribution in [2.75, 3.05) is 13.7 Å². The van der Waals surface area contributed by atoms with E-state index in [2.05, 4.69) is 6.07 Å². The van der Waals surface area contributed by atoms with Crippen LogP contribution in [-0.4, -0.2) is 18.3 Å². The fourth-order valence-corrected chi connectivity index (χ4v) is 3.79. The average molecular weight is 480 g/mol. The maximum atomic E-state index is 13.2. The van der Waals surface area contributed by atoms with E-state index in [1.807, 2.05) is 0 Å². The number of hydrogen-bond donors (Lipinski definition) is 0. The molecule has 2 aromatic heterocycles. The predicted molar refractivity (Wildman–Crippen MR) is 122 cm³/mol. The topological polar surface area (TPSA) is 77.4 Å². The number of pyridine rings is 1. The molecule has 178 valence electrons. The van der Waals surface area contributed by atoms with Crippen molar-refractivity contribution >= 4 is 11.0 Å².